The Balaban J connectivity index is 0.000000510. The van der Waals surface area contributed by atoms with Crippen LogP contribution in [0.4, 0.5) is 29.2 Å². The summed E-state index contributed by atoms with van der Waals surface area (Å²) in [5.74, 6) is -0.663. The van der Waals surface area contributed by atoms with Crippen molar-refractivity contribution in [3.63, 3.8) is 0 Å². The Morgan fingerprint density at radius 2 is 1.94 bits per heavy atom. The fourth-order valence-electron chi connectivity index (χ4n) is 6.28. The number of aromatic amines is 1. The predicted molar refractivity (Wildman–Crippen MR) is 171 cm³/mol. The number of aryl methyl sites for hydroxylation is 1. The number of methoxy groups -OCH3 is 1. The molecule has 0 spiro atoms. The van der Waals surface area contributed by atoms with Crippen LogP contribution in [-0.2, 0) is 6.18 Å². The van der Waals surface area contributed by atoms with Gasteiger partial charge in [0.2, 0.25) is 5.88 Å². The summed E-state index contributed by atoms with van der Waals surface area (Å²) < 4.78 is 71.2. The van der Waals surface area contributed by atoms with Crippen molar-refractivity contribution in [2.24, 2.45) is 0 Å². The Hall–Kier alpha value is -4.83. The molecule has 16 heteroatoms. The van der Waals surface area contributed by atoms with Gasteiger partial charge in [0.05, 0.1) is 42.6 Å². The van der Waals surface area contributed by atoms with Gasteiger partial charge >= 0.3 is 12.2 Å². The second-order valence-electron chi connectivity index (χ2n) is 11.8. The molecule has 0 radical (unpaired) electrons. The quantitative estimate of drug-likeness (QED) is 0.189. The average Bonchev–Trinajstić information content (AvgIpc) is 3.47. The van der Waals surface area contributed by atoms with Crippen LogP contribution in [0.1, 0.15) is 49.4 Å². The minimum atomic E-state index is -4.82. The monoisotopic (exact) mass is 669 g/mol. The molecule has 254 valence electrons. The van der Waals surface area contributed by atoms with Crippen molar-refractivity contribution in [2.45, 2.75) is 58.0 Å². The average molecular weight is 670 g/mol. The molecule has 1 fully saturated rings. The van der Waals surface area contributed by atoms with Gasteiger partial charge in [0.1, 0.15) is 34.8 Å². The zero-order chi connectivity index (χ0) is 34.3. The lowest BCUT2D eigenvalue weighted by Gasteiger charge is -2.34. The number of pyridine rings is 2. The zero-order valence-electron chi connectivity index (χ0n) is 26.7. The molecule has 48 heavy (non-hydrogen) atoms. The summed E-state index contributed by atoms with van der Waals surface area (Å²) in [6.45, 7) is 7.07. The highest BCUT2D eigenvalue weighted by molar-refractivity contribution is 6.02. The first-order valence-electron chi connectivity index (χ1n) is 15.4. The molecule has 0 aliphatic carbocycles. The third kappa shape index (κ3) is 6.01. The molecule has 2 aliphatic rings. The number of hydrogen-bond donors (Lipinski definition) is 4. The SMILES string of the molecule is COc1nc2c3c(nc(-c4c(C(F)(F)F)c(C)cc5[nH]ncc45)c(F)c3n1)OC[C@H](C)N2C(C)c1cccnc1N.OC1CCNCC1. The minimum absolute atomic E-state index is 0.0266. The van der Waals surface area contributed by atoms with Crippen LogP contribution in [0.25, 0.3) is 33.1 Å². The molecule has 0 amide bonds. The standard InChI is InChI=1S/C27H24F4N8O2.C5H11NO/c1-11-8-16-15(9-34-38-16)17(19(11)27(29,30)31)21-20(28)22-18-24(37-26(36-22)40-4)39(12(2)10-41-25(18)35-21)13(3)14-6-5-7-33-23(14)32;7-5-1-3-6-4-2-5/h5-9,12-13H,10H2,1-4H3,(H2,32,33)(H,34,38);5-7H,1-4H2/t12-,13?;/m0./s1. The molecule has 1 unspecified atom stereocenters. The van der Waals surface area contributed by atoms with E-state index in [9.17, 15) is 13.2 Å². The number of aromatic nitrogens is 6. The third-order valence-corrected chi connectivity index (χ3v) is 8.59. The predicted octanol–water partition coefficient (Wildman–Crippen LogP) is 5.10. The number of piperidine rings is 1. The maximum Gasteiger partial charge on any atom is 0.417 e. The van der Waals surface area contributed by atoms with E-state index < -0.39 is 34.9 Å². The number of nitrogen functional groups attached to an aromatic ring is 1. The van der Waals surface area contributed by atoms with E-state index in [4.69, 9.17) is 20.3 Å². The van der Waals surface area contributed by atoms with E-state index in [-0.39, 0.29) is 58.3 Å². The van der Waals surface area contributed by atoms with E-state index in [1.165, 1.54) is 26.3 Å². The molecule has 5 N–H and O–H groups in total. The molecule has 6 heterocycles. The second-order valence-corrected chi connectivity index (χ2v) is 11.8. The van der Waals surface area contributed by atoms with Gasteiger partial charge in [0, 0.05) is 22.7 Å². The highest BCUT2D eigenvalue weighted by atomic mass is 19.4. The van der Waals surface area contributed by atoms with Crippen molar-refractivity contribution in [3.8, 4) is 23.1 Å². The molecule has 12 nitrogen and oxygen atoms in total. The van der Waals surface area contributed by atoms with Gasteiger partial charge in [-0.2, -0.15) is 28.2 Å². The fourth-order valence-corrected chi connectivity index (χ4v) is 6.28. The number of halogens is 4. The summed E-state index contributed by atoms with van der Waals surface area (Å²) in [6.07, 6.45) is -0.206. The normalized spacial score (nSPS) is 17.4. The molecule has 0 bridgehead atoms. The summed E-state index contributed by atoms with van der Waals surface area (Å²) in [4.78, 5) is 19.1. The zero-order valence-corrected chi connectivity index (χ0v) is 26.7. The van der Waals surface area contributed by atoms with E-state index in [1.807, 2.05) is 24.8 Å². The maximum absolute atomic E-state index is 16.6. The lowest BCUT2D eigenvalue weighted by atomic mass is 9.94. The fraction of sp³-hybridized carbons (Fsp3) is 0.406. The van der Waals surface area contributed by atoms with Crippen molar-refractivity contribution >= 4 is 33.4 Å². The van der Waals surface area contributed by atoms with Crippen molar-refractivity contribution in [3.05, 3.63) is 53.1 Å². The summed E-state index contributed by atoms with van der Waals surface area (Å²) in [5.41, 5.74) is 4.65. The van der Waals surface area contributed by atoms with Crippen molar-refractivity contribution in [1.82, 2.24) is 35.5 Å². The molecule has 1 aromatic carbocycles. The minimum Gasteiger partial charge on any atom is -0.475 e. The molecule has 2 atom stereocenters. The first kappa shape index (κ1) is 33.1. The van der Waals surface area contributed by atoms with Gasteiger partial charge in [-0.1, -0.05) is 6.07 Å². The summed E-state index contributed by atoms with van der Waals surface area (Å²) in [5, 5.41) is 18.7. The molecule has 7 rings (SSSR count). The highest BCUT2D eigenvalue weighted by Gasteiger charge is 2.40. The van der Waals surface area contributed by atoms with Gasteiger partial charge in [-0.25, -0.2) is 14.4 Å². The summed E-state index contributed by atoms with van der Waals surface area (Å²) >= 11 is 0. The number of nitrogens with two attached hydrogens (primary N) is 1. The van der Waals surface area contributed by atoms with Crippen LogP contribution < -0.4 is 25.4 Å². The van der Waals surface area contributed by atoms with Crippen molar-refractivity contribution in [1.29, 1.82) is 0 Å². The van der Waals surface area contributed by atoms with Crippen LogP contribution in [0.2, 0.25) is 0 Å². The Morgan fingerprint density at radius 3 is 2.58 bits per heavy atom. The Morgan fingerprint density at radius 1 is 1.19 bits per heavy atom. The van der Waals surface area contributed by atoms with Crippen LogP contribution in [0.5, 0.6) is 11.9 Å². The van der Waals surface area contributed by atoms with Crippen LogP contribution in [0.15, 0.2) is 30.6 Å². The maximum atomic E-state index is 16.6. The van der Waals surface area contributed by atoms with Gasteiger partial charge < -0.3 is 30.5 Å². The van der Waals surface area contributed by atoms with E-state index in [1.54, 1.807) is 12.3 Å². The topological polar surface area (TPSA) is 160 Å². The Kier molecular flexibility index (Phi) is 8.96. The Labute approximate surface area is 272 Å². The lowest BCUT2D eigenvalue weighted by molar-refractivity contribution is -0.137. The number of aliphatic hydroxyl groups is 1. The number of H-pyrrole nitrogens is 1. The number of nitrogens with zero attached hydrogens (tertiary/aromatic N) is 6. The van der Waals surface area contributed by atoms with E-state index >= 15 is 4.39 Å². The van der Waals surface area contributed by atoms with Gasteiger partial charge in [-0.05, 0) is 64.4 Å². The number of hydrogen-bond acceptors (Lipinski definition) is 11. The van der Waals surface area contributed by atoms with Crippen LogP contribution in [0.3, 0.4) is 0 Å². The second kappa shape index (κ2) is 13.0. The number of nitrogens with one attached hydrogen (secondary N) is 2. The van der Waals surface area contributed by atoms with Crippen LogP contribution in [-0.4, -0.2) is 74.2 Å². The molecular formula is C32H35F4N9O3. The number of alkyl halides is 3. The molecule has 5 aromatic rings. The van der Waals surface area contributed by atoms with Crippen LogP contribution in [0, 0.1) is 12.7 Å². The number of ether oxygens (including phenoxy) is 2. The van der Waals surface area contributed by atoms with Crippen LogP contribution >= 0.6 is 0 Å². The smallest absolute Gasteiger partial charge is 0.417 e. The lowest BCUT2D eigenvalue weighted by Crippen LogP contribution is -2.39. The van der Waals surface area contributed by atoms with Crippen molar-refractivity contribution < 1.29 is 32.1 Å². The van der Waals surface area contributed by atoms with Gasteiger partial charge in [-0.3, -0.25) is 5.10 Å². The molecular weight excluding hydrogens is 634 g/mol. The summed E-state index contributed by atoms with van der Waals surface area (Å²) in [7, 11) is 1.32. The molecule has 1 saturated heterocycles. The molecule has 2 aliphatic heterocycles. The van der Waals surface area contributed by atoms with Gasteiger partial charge in [0.15, 0.2) is 5.82 Å². The number of benzene rings is 1. The largest absolute Gasteiger partial charge is 0.475 e. The first-order valence-corrected chi connectivity index (χ1v) is 15.4. The molecule has 4 aromatic heterocycles. The highest BCUT2D eigenvalue weighted by Crippen LogP contribution is 2.47. The third-order valence-electron chi connectivity index (χ3n) is 8.59. The number of fused-ring (bicyclic) bond motifs is 1. The first-order chi connectivity index (χ1) is 22.9. The van der Waals surface area contributed by atoms with Gasteiger partial charge in [0.25, 0.3) is 0 Å². The number of aliphatic hydroxyl groups excluding tert-OH is 1. The van der Waals surface area contributed by atoms with E-state index in [0.29, 0.717) is 16.9 Å². The van der Waals surface area contributed by atoms with E-state index in [2.05, 4.69) is 35.5 Å². The van der Waals surface area contributed by atoms with Crippen molar-refractivity contribution in [2.75, 3.05) is 37.4 Å². The Bertz CT molecular complexity index is 1960. The number of anilines is 2. The van der Waals surface area contributed by atoms with E-state index in [0.717, 1.165) is 25.9 Å². The molecule has 0 saturated carbocycles. The summed E-state index contributed by atoms with van der Waals surface area (Å²) in [6, 6.07) is 3.91. The van der Waals surface area contributed by atoms with Gasteiger partial charge in [-0.15, -0.1) is 0 Å². The number of rotatable bonds is 4.